The molecule has 1 aromatic carbocycles. The Labute approximate surface area is 101 Å². The van der Waals surface area contributed by atoms with Crippen molar-refractivity contribution >= 4 is 18.1 Å². The number of para-hydroxylation sites is 1. The number of benzene rings is 1. The zero-order valence-corrected chi connectivity index (χ0v) is 9.82. The summed E-state index contributed by atoms with van der Waals surface area (Å²) in [6.07, 6.45) is 1.25. The summed E-state index contributed by atoms with van der Waals surface area (Å²) >= 11 is 0. The molecule has 16 heavy (non-hydrogen) atoms. The Kier molecular flexibility index (Phi) is 3.46. The molecule has 2 heterocycles. The van der Waals surface area contributed by atoms with Crippen molar-refractivity contribution in [2.24, 2.45) is 11.1 Å². The lowest BCUT2D eigenvalue weighted by Crippen LogP contribution is -2.23. The third-order valence-electron chi connectivity index (χ3n) is 3.14. The molecule has 0 saturated carbocycles. The van der Waals surface area contributed by atoms with Gasteiger partial charge in [0.25, 0.3) is 0 Å². The topological polar surface area (TPSA) is 24.8 Å². The fourth-order valence-electron chi connectivity index (χ4n) is 2.30. The van der Waals surface area contributed by atoms with E-state index in [1.807, 2.05) is 30.3 Å². The fourth-order valence-corrected chi connectivity index (χ4v) is 2.30. The van der Waals surface area contributed by atoms with Gasteiger partial charge in [0.2, 0.25) is 0 Å². The van der Waals surface area contributed by atoms with Crippen molar-refractivity contribution < 1.29 is 4.84 Å². The van der Waals surface area contributed by atoms with Gasteiger partial charge >= 0.3 is 0 Å². The summed E-state index contributed by atoms with van der Waals surface area (Å²) < 4.78 is 0. The summed E-state index contributed by atoms with van der Waals surface area (Å²) in [7, 11) is 0. The lowest BCUT2D eigenvalue weighted by molar-refractivity contribution is 0.333. The molecule has 0 N–H and O–H groups in total. The molecular formula is C12H15ClN2O. The molecule has 2 aliphatic rings. The second kappa shape index (κ2) is 4.85. The van der Waals surface area contributed by atoms with Gasteiger partial charge in [-0.3, -0.25) is 4.90 Å². The van der Waals surface area contributed by atoms with Crippen LogP contribution in [0.1, 0.15) is 6.42 Å². The lowest BCUT2D eigenvalue weighted by atomic mass is 10.0. The van der Waals surface area contributed by atoms with E-state index in [0.717, 1.165) is 12.3 Å². The molecule has 2 fully saturated rings. The quantitative estimate of drug-likeness (QED) is 0.738. The molecule has 2 unspecified atom stereocenters. The molecule has 0 radical (unpaired) electrons. The van der Waals surface area contributed by atoms with Crippen molar-refractivity contribution in [3.63, 3.8) is 0 Å². The maximum absolute atomic E-state index is 5.40. The van der Waals surface area contributed by atoms with Gasteiger partial charge in [-0.2, -0.15) is 0 Å². The molecule has 3 nitrogen and oxygen atoms in total. The SMILES string of the molecule is Cl.c1ccc(ON=C2CN3CCC2C3)cc1. The van der Waals surface area contributed by atoms with E-state index < -0.39 is 0 Å². The van der Waals surface area contributed by atoms with E-state index in [1.54, 1.807) is 0 Å². The van der Waals surface area contributed by atoms with E-state index in [2.05, 4.69) is 10.1 Å². The van der Waals surface area contributed by atoms with Gasteiger partial charge in [-0.05, 0) is 25.1 Å². The Balaban J connectivity index is 0.000000963. The van der Waals surface area contributed by atoms with Gasteiger partial charge in [-0.15, -0.1) is 12.4 Å². The highest BCUT2D eigenvalue weighted by atomic mass is 35.5. The Morgan fingerprint density at radius 2 is 2.06 bits per heavy atom. The maximum Gasteiger partial charge on any atom is 0.157 e. The van der Waals surface area contributed by atoms with Crippen LogP contribution in [-0.2, 0) is 0 Å². The molecule has 2 bridgehead atoms. The molecule has 2 aliphatic heterocycles. The maximum atomic E-state index is 5.40. The number of hydrogen-bond acceptors (Lipinski definition) is 3. The summed E-state index contributed by atoms with van der Waals surface area (Å²) in [6, 6.07) is 9.75. The van der Waals surface area contributed by atoms with Crippen LogP contribution in [0.25, 0.3) is 0 Å². The zero-order chi connectivity index (χ0) is 10.1. The molecule has 4 heteroatoms. The van der Waals surface area contributed by atoms with Crippen LogP contribution in [0.5, 0.6) is 5.75 Å². The average molecular weight is 239 g/mol. The van der Waals surface area contributed by atoms with E-state index in [-0.39, 0.29) is 12.4 Å². The molecule has 2 saturated heterocycles. The first-order valence-electron chi connectivity index (χ1n) is 5.43. The van der Waals surface area contributed by atoms with Crippen LogP contribution in [0.15, 0.2) is 35.5 Å². The molecule has 0 aromatic heterocycles. The summed E-state index contributed by atoms with van der Waals surface area (Å²) in [5.41, 5.74) is 1.21. The first-order chi connectivity index (χ1) is 7.42. The van der Waals surface area contributed by atoms with Crippen molar-refractivity contribution in [3.05, 3.63) is 30.3 Å². The van der Waals surface area contributed by atoms with Gasteiger partial charge in [-0.1, -0.05) is 23.4 Å². The van der Waals surface area contributed by atoms with Crippen LogP contribution in [0.4, 0.5) is 0 Å². The highest BCUT2D eigenvalue weighted by Crippen LogP contribution is 2.25. The van der Waals surface area contributed by atoms with Crippen molar-refractivity contribution in [2.45, 2.75) is 6.42 Å². The van der Waals surface area contributed by atoms with Crippen LogP contribution < -0.4 is 4.84 Å². The molecule has 3 rings (SSSR count). The second-order valence-corrected chi connectivity index (χ2v) is 4.21. The van der Waals surface area contributed by atoms with E-state index >= 15 is 0 Å². The predicted molar refractivity (Wildman–Crippen MR) is 66.3 cm³/mol. The number of rotatable bonds is 2. The summed E-state index contributed by atoms with van der Waals surface area (Å²) in [5, 5.41) is 4.25. The second-order valence-electron chi connectivity index (χ2n) is 4.21. The molecule has 0 aliphatic carbocycles. The van der Waals surface area contributed by atoms with Crippen molar-refractivity contribution in [3.8, 4) is 5.75 Å². The van der Waals surface area contributed by atoms with Crippen LogP contribution in [0.2, 0.25) is 0 Å². The minimum atomic E-state index is 0. The van der Waals surface area contributed by atoms with Crippen LogP contribution in [0, 0.1) is 5.92 Å². The smallest absolute Gasteiger partial charge is 0.157 e. The lowest BCUT2D eigenvalue weighted by Gasteiger charge is -2.12. The molecule has 0 amide bonds. The molecule has 2 atom stereocenters. The highest BCUT2D eigenvalue weighted by molar-refractivity contribution is 5.91. The normalized spacial score (nSPS) is 29.1. The molecule has 86 valence electrons. The number of fused-ring (bicyclic) bond motifs is 2. The van der Waals surface area contributed by atoms with Crippen molar-refractivity contribution in [1.29, 1.82) is 0 Å². The number of oxime groups is 1. The Morgan fingerprint density at radius 3 is 2.69 bits per heavy atom. The Morgan fingerprint density at radius 1 is 1.25 bits per heavy atom. The minimum absolute atomic E-state index is 0. The Bertz CT molecular complexity index is 380. The monoisotopic (exact) mass is 238 g/mol. The first-order valence-corrected chi connectivity index (χ1v) is 5.43. The Hall–Kier alpha value is -1.06. The van der Waals surface area contributed by atoms with E-state index in [0.29, 0.717) is 5.92 Å². The summed E-state index contributed by atoms with van der Waals surface area (Å²) in [4.78, 5) is 7.83. The highest BCUT2D eigenvalue weighted by Gasteiger charge is 2.35. The van der Waals surface area contributed by atoms with Gasteiger partial charge in [0.15, 0.2) is 5.75 Å². The van der Waals surface area contributed by atoms with Gasteiger partial charge in [-0.25, -0.2) is 0 Å². The molecular weight excluding hydrogens is 224 g/mol. The minimum Gasteiger partial charge on any atom is -0.357 e. The summed E-state index contributed by atoms with van der Waals surface area (Å²) in [6.45, 7) is 3.41. The number of nitrogens with zero attached hydrogens (tertiary/aromatic N) is 2. The third kappa shape index (κ3) is 2.20. The van der Waals surface area contributed by atoms with Gasteiger partial charge < -0.3 is 4.84 Å². The van der Waals surface area contributed by atoms with Crippen LogP contribution in [-0.4, -0.2) is 30.2 Å². The van der Waals surface area contributed by atoms with Crippen molar-refractivity contribution in [1.82, 2.24) is 4.90 Å². The fraction of sp³-hybridized carbons (Fsp3) is 0.417. The average Bonchev–Trinajstić information content (AvgIpc) is 2.89. The van der Waals surface area contributed by atoms with Gasteiger partial charge in [0.1, 0.15) is 0 Å². The number of hydrogen-bond donors (Lipinski definition) is 0. The van der Waals surface area contributed by atoms with Crippen LogP contribution >= 0.6 is 12.4 Å². The molecule has 1 aromatic rings. The standard InChI is InChI=1S/C12H14N2O.ClH/c1-2-4-11(5-3-1)15-13-12-9-14-7-6-10(12)8-14;/h1-5,10H,6-9H2;1H. The van der Waals surface area contributed by atoms with E-state index in [4.69, 9.17) is 4.84 Å². The largest absolute Gasteiger partial charge is 0.357 e. The third-order valence-corrected chi connectivity index (χ3v) is 3.14. The molecule has 0 spiro atoms. The number of halogens is 1. The predicted octanol–water partition coefficient (Wildman–Crippen LogP) is 2.18. The number of piperidine rings is 1. The van der Waals surface area contributed by atoms with Crippen molar-refractivity contribution in [2.75, 3.05) is 19.6 Å². The van der Waals surface area contributed by atoms with Gasteiger partial charge in [0, 0.05) is 19.0 Å². The first kappa shape index (κ1) is 11.4. The van der Waals surface area contributed by atoms with E-state index in [9.17, 15) is 0 Å². The van der Waals surface area contributed by atoms with E-state index in [1.165, 1.54) is 25.2 Å². The summed E-state index contributed by atoms with van der Waals surface area (Å²) in [5.74, 6) is 1.47. The zero-order valence-electron chi connectivity index (χ0n) is 9.00. The van der Waals surface area contributed by atoms with Gasteiger partial charge in [0.05, 0.1) is 5.71 Å². The van der Waals surface area contributed by atoms with Crippen LogP contribution in [0.3, 0.4) is 0 Å².